The fraction of sp³-hybridized carbons (Fsp3) is 0.500. The maximum atomic E-state index is 12.6. The molecule has 1 amide bonds. The van der Waals surface area contributed by atoms with E-state index in [4.69, 9.17) is 11.6 Å². The highest BCUT2D eigenvalue weighted by Crippen LogP contribution is 2.29. The van der Waals surface area contributed by atoms with Crippen molar-refractivity contribution >= 4 is 23.2 Å². The minimum atomic E-state index is -0.596. The number of nitro benzene ring substituents is 1. The third-order valence-corrected chi connectivity index (χ3v) is 4.16. The van der Waals surface area contributed by atoms with Crippen molar-refractivity contribution in [3.05, 3.63) is 38.9 Å². The van der Waals surface area contributed by atoms with Gasteiger partial charge in [-0.1, -0.05) is 24.6 Å². The number of rotatable bonds is 3. The summed E-state index contributed by atoms with van der Waals surface area (Å²) in [7, 11) is 0. The van der Waals surface area contributed by atoms with E-state index in [1.165, 1.54) is 12.1 Å². The molecule has 2 rings (SSSR count). The Bertz CT molecular complexity index is 564. The topological polar surface area (TPSA) is 66.7 Å². The summed E-state index contributed by atoms with van der Waals surface area (Å²) in [5.41, 5.74) is -0.251. The number of nitrogens with zero attached hydrogens (tertiary/aromatic N) is 3. The van der Waals surface area contributed by atoms with Crippen LogP contribution in [0.2, 0.25) is 5.02 Å². The molecule has 0 bridgehead atoms. The van der Waals surface area contributed by atoms with Crippen LogP contribution in [0.4, 0.5) is 5.69 Å². The van der Waals surface area contributed by atoms with E-state index in [0.29, 0.717) is 13.1 Å². The zero-order chi connectivity index (χ0) is 15.6. The molecule has 0 aromatic heterocycles. The third-order valence-electron chi connectivity index (χ3n) is 3.86. The van der Waals surface area contributed by atoms with Crippen LogP contribution in [0.25, 0.3) is 0 Å². The van der Waals surface area contributed by atoms with Crippen molar-refractivity contribution in [3.8, 4) is 0 Å². The number of para-hydroxylation sites is 1. The van der Waals surface area contributed by atoms with E-state index in [0.717, 1.165) is 13.1 Å². The second-order valence-corrected chi connectivity index (χ2v) is 5.53. The predicted octanol–water partition coefficient (Wildman–Crippen LogP) is 2.41. The lowest BCUT2D eigenvalue weighted by molar-refractivity contribution is -0.385. The molecule has 1 saturated heterocycles. The van der Waals surface area contributed by atoms with Crippen molar-refractivity contribution in [3.63, 3.8) is 0 Å². The molecule has 1 aromatic rings. The number of likely N-dealkylation sites (N-methyl/N-ethyl adjacent to an activating group) is 1. The number of nitro groups is 1. The van der Waals surface area contributed by atoms with Crippen molar-refractivity contribution in [1.82, 2.24) is 9.80 Å². The van der Waals surface area contributed by atoms with E-state index in [-0.39, 0.29) is 28.2 Å². The van der Waals surface area contributed by atoms with Gasteiger partial charge in [-0.3, -0.25) is 19.8 Å². The van der Waals surface area contributed by atoms with Gasteiger partial charge in [0.1, 0.15) is 10.6 Å². The van der Waals surface area contributed by atoms with Crippen molar-refractivity contribution in [1.29, 1.82) is 0 Å². The Morgan fingerprint density at radius 3 is 2.76 bits per heavy atom. The smallest absolute Gasteiger partial charge is 0.300 e. The molecular weight excluding hydrogens is 294 g/mol. The first kappa shape index (κ1) is 15.7. The second-order valence-electron chi connectivity index (χ2n) is 5.12. The van der Waals surface area contributed by atoms with Gasteiger partial charge in [0, 0.05) is 25.7 Å². The Kier molecular flexibility index (Phi) is 4.80. The van der Waals surface area contributed by atoms with E-state index in [1.807, 2.05) is 0 Å². The number of halogens is 1. The molecule has 1 aliphatic rings. The summed E-state index contributed by atoms with van der Waals surface area (Å²) in [4.78, 5) is 27.0. The number of piperazine rings is 1. The summed E-state index contributed by atoms with van der Waals surface area (Å²) >= 11 is 5.86. The van der Waals surface area contributed by atoms with E-state index < -0.39 is 4.92 Å². The molecule has 7 heteroatoms. The number of hydrogen-bond donors (Lipinski definition) is 0. The van der Waals surface area contributed by atoms with Gasteiger partial charge in [0.15, 0.2) is 0 Å². The molecule has 6 nitrogen and oxygen atoms in total. The average Bonchev–Trinajstić information content (AvgIpc) is 2.45. The minimum absolute atomic E-state index is 0.00825. The number of amides is 1. The fourth-order valence-corrected chi connectivity index (χ4v) is 2.94. The minimum Gasteiger partial charge on any atom is -0.336 e. The van der Waals surface area contributed by atoms with Crippen molar-refractivity contribution in [2.75, 3.05) is 26.2 Å². The first-order valence-corrected chi connectivity index (χ1v) is 7.29. The lowest BCUT2D eigenvalue weighted by Gasteiger charge is -2.39. The molecule has 0 radical (unpaired) electrons. The van der Waals surface area contributed by atoms with Gasteiger partial charge in [-0.2, -0.15) is 0 Å². The van der Waals surface area contributed by atoms with Gasteiger partial charge in [0.25, 0.3) is 5.91 Å². The van der Waals surface area contributed by atoms with Crippen LogP contribution in [0, 0.1) is 10.1 Å². The van der Waals surface area contributed by atoms with Gasteiger partial charge in [0.2, 0.25) is 0 Å². The van der Waals surface area contributed by atoms with Crippen LogP contribution in [0.15, 0.2) is 18.2 Å². The molecule has 1 aliphatic heterocycles. The lowest BCUT2D eigenvalue weighted by atomic mass is 10.1. The Labute approximate surface area is 128 Å². The quantitative estimate of drug-likeness (QED) is 0.635. The fourth-order valence-electron chi connectivity index (χ4n) is 2.69. The highest BCUT2D eigenvalue weighted by atomic mass is 35.5. The lowest BCUT2D eigenvalue weighted by Crippen LogP contribution is -2.53. The summed E-state index contributed by atoms with van der Waals surface area (Å²) in [5, 5.41) is 11.1. The number of hydrogen-bond acceptors (Lipinski definition) is 4. The van der Waals surface area contributed by atoms with E-state index in [1.54, 1.807) is 11.0 Å². The molecule has 1 atom stereocenters. The highest BCUT2D eigenvalue weighted by molar-refractivity contribution is 6.33. The monoisotopic (exact) mass is 311 g/mol. The zero-order valence-corrected chi connectivity index (χ0v) is 12.8. The maximum absolute atomic E-state index is 12.6. The number of carbonyl (C=O) groups excluding carboxylic acids is 1. The summed E-state index contributed by atoms with van der Waals surface area (Å²) in [6.45, 7) is 6.97. The van der Waals surface area contributed by atoms with E-state index >= 15 is 0 Å². The van der Waals surface area contributed by atoms with Gasteiger partial charge in [-0.25, -0.2) is 0 Å². The van der Waals surface area contributed by atoms with Gasteiger partial charge in [-0.15, -0.1) is 0 Å². The molecule has 1 heterocycles. The van der Waals surface area contributed by atoms with Gasteiger partial charge < -0.3 is 4.90 Å². The van der Waals surface area contributed by atoms with Crippen LogP contribution >= 0.6 is 11.6 Å². The van der Waals surface area contributed by atoms with Gasteiger partial charge in [-0.05, 0) is 25.6 Å². The summed E-state index contributed by atoms with van der Waals surface area (Å²) in [6, 6.07) is 4.69. The summed E-state index contributed by atoms with van der Waals surface area (Å²) in [6.07, 6.45) is 0. The number of benzene rings is 1. The van der Waals surface area contributed by atoms with Crippen LogP contribution < -0.4 is 0 Å². The van der Waals surface area contributed by atoms with Crippen LogP contribution in [0.3, 0.4) is 0 Å². The average molecular weight is 312 g/mol. The zero-order valence-electron chi connectivity index (χ0n) is 12.1. The van der Waals surface area contributed by atoms with Crippen LogP contribution in [-0.4, -0.2) is 52.9 Å². The normalized spacial score (nSPS) is 19.6. The predicted molar refractivity (Wildman–Crippen MR) is 80.7 cm³/mol. The van der Waals surface area contributed by atoms with Crippen molar-refractivity contribution in [2.24, 2.45) is 0 Å². The Morgan fingerprint density at radius 1 is 1.48 bits per heavy atom. The van der Waals surface area contributed by atoms with E-state index in [2.05, 4.69) is 18.7 Å². The first-order valence-electron chi connectivity index (χ1n) is 6.92. The largest absolute Gasteiger partial charge is 0.336 e. The van der Waals surface area contributed by atoms with Gasteiger partial charge >= 0.3 is 5.69 Å². The van der Waals surface area contributed by atoms with Crippen molar-refractivity contribution in [2.45, 2.75) is 19.9 Å². The summed E-state index contributed by atoms with van der Waals surface area (Å²) < 4.78 is 0. The standard InChI is InChI=1S/C14H18ClN3O3/c1-3-16-7-8-17(9-10(16)2)14(19)11-5-4-6-12(15)13(11)18(20)21/h4-6,10H,3,7-9H2,1-2H3. The second kappa shape index (κ2) is 6.41. The van der Waals surface area contributed by atoms with Crippen molar-refractivity contribution < 1.29 is 9.72 Å². The molecule has 0 aliphatic carbocycles. The molecule has 0 saturated carbocycles. The molecular formula is C14H18ClN3O3. The van der Waals surface area contributed by atoms with Crippen LogP contribution in [0.1, 0.15) is 24.2 Å². The van der Waals surface area contributed by atoms with Crippen LogP contribution in [0.5, 0.6) is 0 Å². The summed E-state index contributed by atoms with van der Waals surface area (Å²) in [5.74, 6) is -0.327. The maximum Gasteiger partial charge on any atom is 0.300 e. The van der Waals surface area contributed by atoms with E-state index in [9.17, 15) is 14.9 Å². The number of carbonyl (C=O) groups is 1. The third kappa shape index (κ3) is 3.16. The molecule has 1 fully saturated rings. The molecule has 0 spiro atoms. The molecule has 21 heavy (non-hydrogen) atoms. The molecule has 1 aromatic carbocycles. The molecule has 0 N–H and O–H groups in total. The van der Waals surface area contributed by atoms with Crippen LogP contribution in [-0.2, 0) is 0 Å². The molecule has 1 unspecified atom stereocenters. The Balaban J connectivity index is 2.26. The Hall–Kier alpha value is -1.66. The van der Waals surface area contributed by atoms with Gasteiger partial charge in [0.05, 0.1) is 4.92 Å². The first-order chi connectivity index (χ1) is 9.95. The highest BCUT2D eigenvalue weighted by Gasteiger charge is 2.31. The SMILES string of the molecule is CCN1CCN(C(=O)c2cccc(Cl)c2[N+](=O)[O-])CC1C. The molecule has 114 valence electrons. The Morgan fingerprint density at radius 2 is 2.19 bits per heavy atom.